The van der Waals surface area contributed by atoms with Crippen molar-refractivity contribution in [2.75, 3.05) is 20.4 Å². The maximum absolute atomic E-state index is 11.3. The van der Waals surface area contributed by atoms with Crippen LogP contribution < -0.4 is 0 Å². The molecular formula is C54H104O9. The van der Waals surface area contributed by atoms with Crippen LogP contribution in [0.5, 0.6) is 0 Å². The second-order valence-electron chi connectivity index (χ2n) is 19.1. The van der Waals surface area contributed by atoms with Crippen molar-refractivity contribution >= 4 is 17.9 Å². The molecule has 0 amide bonds. The predicted octanol–water partition coefficient (Wildman–Crippen LogP) is 15.4. The number of carbonyl (C=O) groups is 3. The van der Waals surface area contributed by atoms with Gasteiger partial charge in [0.15, 0.2) is 20.4 Å². The number of ether oxygens (including phenoxy) is 3. The third kappa shape index (κ3) is 45.2. The molecule has 0 aliphatic rings. The molecule has 0 spiro atoms. The first-order valence-corrected chi connectivity index (χ1v) is 27.2. The molecule has 0 aromatic rings. The average molecular weight is 897 g/mol. The lowest BCUT2D eigenvalue weighted by molar-refractivity contribution is -0.152. The summed E-state index contributed by atoms with van der Waals surface area (Å²) in [5.74, 6) is -0.867. The summed E-state index contributed by atoms with van der Waals surface area (Å²) in [6, 6.07) is 0. The molecule has 0 unspecified atom stereocenters. The van der Waals surface area contributed by atoms with E-state index < -0.39 is 20.4 Å². The molecular weight excluding hydrogens is 793 g/mol. The summed E-state index contributed by atoms with van der Waals surface area (Å²) < 4.78 is 13.7. The van der Waals surface area contributed by atoms with E-state index in [9.17, 15) is 14.4 Å². The molecule has 9 heteroatoms. The van der Waals surface area contributed by atoms with Gasteiger partial charge >= 0.3 is 17.9 Å². The Bertz CT molecular complexity index is 856. The van der Waals surface area contributed by atoms with Crippen molar-refractivity contribution in [2.24, 2.45) is 5.41 Å². The number of carbonyl (C=O) groups excluding carboxylic acids is 3. The summed E-state index contributed by atoms with van der Waals surface area (Å²) in [7, 11) is 0. The maximum atomic E-state index is 11.3. The summed E-state index contributed by atoms with van der Waals surface area (Å²) in [6.45, 7) is 0.968. The van der Waals surface area contributed by atoms with Gasteiger partial charge in [-0.05, 0) is 43.9 Å². The van der Waals surface area contributed by atoms with Gasteiger partial charge in [0.25, 0.3) is 0 Å². The minimum absolute atomic E-state index is 0.289. The van der Waals surface area contributed by atoms with Crippen molar-refractivity contribution in [3.63, 3.8) is 0 Å². The van der Waals surface area contributed by atoms with Crippen LogP contribution in [-0.4, -0.2) is 53.6 Å². The molecule has 0 aliphatic heterocycles. The number of hydrogen-bond donors (Lipinski definition) is 3. The molecule has 3 N–H and O–H groups in total. The molecule has 0 heterocycles. The first-order chi connectivity index (χ1) is 30.9. The van der Waals surface area contributed by atoms with Crippen molar-refractivity contribution in [1.29, 1.82) is 0 Å². The van der Waals surface area contributed by atoms with Gasteiger partial charge in [0, 0.05) is 19.3 Å². The zero-order chi connectivity index (χ0) is 46.0. The highest BCUT2D eigenvalue weighted by molar-refractivity contribution is 5.69. The number of aliphatic hydroxyl groups is 3. The van der Waals surface area contributed by atoms with Gasteiger partial charge in [0.1, 0.15) is 0 Å². The molecule has 0 radical (unpaired) electrons. The largest absolute Gasteiger partial charge is 0.439 e. The SMILES string of the molecule is CCC(CCCCCCCCCCCCCCCC(=O)OCO)(CCCCCCCCCCCCCCCC(=O)OCO)CCCCCCCCCCCCCCCC(=O)OCO. The third-order valence-corrected chi connectivity index (χ3v) is 13.7. The van der Waals surface area contributed by atoms with Crippen molar-refractivity contribution < 1.29 is 43.9 Å². The molecule has 0 aromatic heterocycles. The van der Waals surface area contributed by atoms with Crippen LogP contribution in [0.3, 0.4) is 0 Å². The second-order valence-corrected chi connectivity index (χ2v) is 19.1. The van der Waals surface area contributed by atoms with Crippen LogP contribution in [0, 0.1) is 5.41 Å². The van der Waals surface area contributed by atoms with Crippen LogP contribution in [0.2, 0.25) is 0 Å². The van der Waals surface area contributed by atoms with Crippen molar-refractivity contribution in [2.45, 2.75) is 302 Å². The second kappa shape index (κ2) is 49.7. The van der Waals surface area contributed by atoms with E-state index in [0.717, 1.165) is 38.5 Å². The first-order valence-electron chi connectivity index (χ1n) is 27.2. The molecule has 0 rings (SSSR count). The van der Waals surface area contributed by atoms with E-state index in [1.54, 1.807) is 0 Å². The maximum Gasteiger partial charge on any atom is 0.307 e. The molecule has 0 bridgehead atoms. The number of aliphatic hydroxyl groups excluding tert-OH is 3. The predicted molar refractivity (Wildman–Crippen MR) is 260 cm³/mol. The van der Waals surface area contributed by atoms with Gasteiger partial charge < -0.3 is 29.5 Å². The van der Waals surface area contributed by atoms with Gasteiger partial charge in [-0.1, -0.05) is 244 Å². The van der Waals surface area contributed by atoms with Crippen molar-refractivity contribution in [3.8, 4) is 0 Å². The monoisotopic (exact) mass is 897 g/mol. The number of unbranched alkanes of at least 4 members (excludes halogenated alkanes) is 36. The van der Waals surface area contributed by atoms with E-state index in [1.807, 2.05) is 0 Å². The summed E-state index contributed by atoms with van der Waals surface area (Å²) in [6.07, 6.45) is 57.1. The first kappa shape index (κ1) is 61.3. The topological polar surface area (TPSA) is 140 Å². The minimum Gasteiger partial charge on any atom is -0.439 e. The van der Waals surface area contributed by atoms with Crippen molar-refractivity contribution in [1.82, 2.24) is 0 Å². The highest BCUT2D eigenvalue weighted by Crippen LogP contribution is 2.40. The molecule has 0 aromatic carbocycles. The average Bonchev–Trinajstić information content (AvgIpc) is 3.27. The molecule has 0 saturated heterocycles. The standard InChI is InChI=1S/C54H104O9/c1-2-54(45-39-33-27-21-15-9-3-6-12-18-24-30-36-42-51(58)61-48-55,46-40-34-28-22-16-10-4-7-13-19-25-31-37-43-52(59)62-49-56)47-41-35-29-23-17-11-5-8-14-20-26-32-38-44-53(60)63-50-57/h55-57H,2-50H2,1H3. The van der Waals surface area contributed by atoms with Gasteiger partial charge in [-0.15, -0.1) is 0 Å². The van der Waals surface area contributed by atoms with E-state index in [0.29, 0.717) is 24.7 Å². The van der Waals surface area contributed by atoms with E-state index in [1.165, 1.54) is 238 Å². The van der Waals surface area contributed by atoms with E-state index in [4.69, 9.17) is 15.3 Å². The lowest BCUT2D eigenvalue weighted by Crippen LogP contribution is -2.20. The number of hydrogen-bond acceptors (Lipinski definition) is 9. The number of esters is 3. The molecule has 0 aliphatic carbocycles. The summed E-state index contributed by atoms with van der Waals surface area (Å²) in [5.41, 5.74) is 0.550. The normalized spacial score (nSPS) is 11.6. The van der Waals surface area contributed by atoms with Gasteiger partial charge in [0.05, 0.1) is 0 Å². The summed E-state index contributed by atoms with van der Waals surface area (Å²) in [5, 5.41) is 25.9. The lowest BCUT2D eigenvalue weighted by Gasteiger charge is -2.34. The Balaban J connectivity index is 4.26. The van der Waals surface area contributed by atoms with Gasteiger partial charge in [-0.3, -0.25) is 14.4 Å². The van der Waals surface area contributed by atoms with E-state index in [2.05, 4.69) is 21.1 Å². The fourth-order valence-corrected chi connectivity index (χ4v) is 9.48. The highest BCUT2D eigenvalue weighted by atomic mass is 16.6. The lowest BCUT2D eigenvalue weighted by atomic mass is 9.72. The molecule has 0 fully saturated rings. The van der Waals surface area contributed by atoms with Gasteiger partial charge in [-0.25, -0.2) is 0 Å². The Labute approximate surface area is 388 Å². The van der Waals surface area contributed by atoms with Crippen LogP contribution in [-0.2, 0) is 28.6 Å². The van der Waals surface area contributed by atoms with Crippen LogP contribution in [0.25, 0.3) is 0 Å². The Kier molecular flexibility index (Phi) is 48.4. The Morgan fingerprint density at radius 3 is 0.603 bits per heavy atom. The Hall–Kier alpha value is -1.71. The smallest absolute Gasteiger partial charge is 0.307 e. The molecule has 0 saturated carbocycles. The highest BCUT2D eigenvalue weighted by Gasteiger charge is 2.26. The quantitative estimate of drug-likeness (QED) is 0.0236. The zero-order valence-electron chi connectivity index (χ0n) is 41.4. The third-order valence-electron chi connectivity index (χ3n) is 13.7. The number of rotatable bonds is 52. The van der Waals surface area contributed by atoms with Crippen molar-refractivity contribution in [3.05, 3.63) is 0 Å². The summed E-state index contributed by atoms with van der Waals surface area (Å²) >= 11 is 0. The minimum atomic E-state index is -0.506. The Morgan fingerprint density at radius 1 is 0.286 bits per heavy atom. The molecule has 374 valence electrons. The van der Waals surface area contributed by atoms with Crippen LogP contribution >= 0.6 is 0 Å². The van der Waals surface area contributed by atoms with Crippen LogP contribution in [0.15, 0.2) is 0 Å². The Morgan fingerprint density at radius 2 is 0.444 bits per heavy atom. The fourth-order valence-electron chi connectivity index (χ4n) is 9.48. The molecule has 9 nitrogen and oxygen atoms in total. The summed E-state index contributed by atoms with van der Waals surface area (Å²) in [4.78, 5) is 33.9. The van der Waals surface area contributed by atoms with Gasteiger partial charge in [-0.2, -0.15) is 0 Å². The van der Waals surface area contributed by atoms with E-state index >= 15 is 0 Å². The molecule has 63 heavy (non-hydrogen) atoms. The molecule has 0 atom stereocenters. The van der Waals surface area contributed by atoms with Crippen LogP contribution in [0.1, 0.15) is 302 Å². The zero-order valence-corrected chi connectivity index (χ0v) is 41.4. The van der Waals surface area contributed by atoms with Crippen LogP contribution in [0.4, 0.5) is 0 Å². The van der Waals surface area contributed by atoms with E-state index in [-0.39, 0.29) is 17.9 Å². The van der Waals surface area contributed by atoms with Gasteiger partial charge in [0.2, 0.25) is 0 Å². The fraction of sp³-hybridized carbons (Fsp3) is 0.944.